The molecule has 1 amide bonds. The average Bonchev–Trinajstić information content (AvgIpc) is 3.13. The van der Waals surface area contributed by atoms with Crippen molar-refractivity contribution in [3.8, 4) is 0 Å². The second-order valence-electron chi connectivity index (χ2n) is 6.61. The highest BCUT2D eigenvalue weighted by Gasteiger charge is 2.46. The van der Waals surface area contributed by atoms with E-state index in [1.807, 2.05) is 30.3 Å². The van der Waals surface area contributed by atoms with E-state index in [1.54, 1.807) is 4.90 Å². The Morgan fingerprint density at radius 1 is 1.12 bits per heavy atom. The van der Waals surface area contributed by atoms with Gasteiger partial charge in [-0.3, -0.25) is 9.69 Å². The van der Waals surface area contributed by atoms with Gasteiger partial charge < -0.3 is 4.90 Å². The molecule has 2 fully saturated rings. The first kappa shape index (κ1) is 18.9. The van der Waals surface area contributed by atoms with E-state index in [0.717, 1.165) is 12.1 Å². The molecule has 2 unspecified atom stereocenters. The molecule has 2 aliphatic rings. The largest absolute Gasteiger partial charge is 0.405 e. The van der Waals surface area contributed by atoms with Gasteiger partial charge in [0.05, 0.1) is 0 Å². The third-order valence-electron chi connectivity index (χ3n) is 4.75. The Balaban J connectivity index is 1.42. The lowest BCUT2D eigenvalue weighted by molar-refractivity contribution is -0.153. The van der Waals surface area contributed by atoms with Crippen molar-refractivity contribution in [3.05, 3.63) is 42.0 Å². The molecule has 142 valence electrons. The van der Waals surface area contributed by atoms with E-state index in [2.05, 4.69) is 27.9 Å². The first-order chi connectivity index (χ1) is 12.4. The van der Waals surface area contributed by atoms with E-state index >= 15 is 0 Å². The molecule has 1 aromatic rings. The molecule has 2 aliphatic heterocycles. The maximum absolute atomic E-state index is 12.7. The van der Waals surface area contributed by atoms with E-state index < -0.39 is 18.3 Å². The molecule has 2 saturated heterocycles. The summed E-state index contributed by atoms with van der Waals surface area (Å²) in [6.07, 6.45) is -0.458. The molecule has 0 saturated carbocycles. The molecule has 0 bridgehead atoms. The number of rotatable bonds is 4. The van der Waals surface area contributed by atoms with Crippen LogP contribution in [0.25, 0.3) is 6.08 Å². The predicted molar refractivity (Wildman–Crippen MR) is 93.0 cm³/mol. The van der Waals surface area contributed by atoms with Gasteiger partial charge in [0.15, 0.2) is 0 Å². The molecule has 0 spiro atoms. The van der Waals surface area contributed by atoms with Gasteiger partial charge in [-0.25, -0.2) is 10.9 Å². The zero-order valence-electron chi connectivity index (χ0n) is 14.4. The zero-order valence-corrected chi connectivity index (χ0v) is 14.4. The van der Waals surface area contributed by atoms with Crippen molar-refractivity contribution < 1.29 is 18.0 Å². The number of carbonyl (C=O) groups excluding carboxylic acids is 1. The van der Waals surface area contributed by atoms with Crippen LogP contribution in [0.4, 0.5) is 13.2 Å². The topological polar surface area (TPSA) is 47.6 Å². The highest BCUT2D eigenvalue weighted by Crippen LogP contribution is 2.26. The summed E-state index contributed by atoms with van der Waals surface area (Å²) in [7, 11) is 0. The second kappa shape index (κ2) is 8.20. The second-order valence-corrected chi connectivity index (χ2v) is 6.61. The number of piperazine rings is 1. The molecule has 0 aliphatic carbocycles. The molecule has 8 heteroatoms. The minimum absolute atomic E-state index is 0.260. The van der Waals surface area contributed by atoms with Gasteiger partial charge in [-0.05, 0) is 12.0 Å². The minimum Gasteiger partial charge on any atom is -0.339 e. The number of nitrogens with zero attached hydrogens (tertiary/aromatic N) is 2. The summed E-state index contributed by atoms with van der Waals surface area (Å²) in [5.74, 6) is -0.260. The molecule has 1 aromatic carbocycles. The quantitative estimate of drug-likeness (QED) is 0.848. The average molecular weight is 368 g/mol. The summed E-state index contributed by atoms with van der Waals surface area (Å²) >= 11 is 0. The summed E-state index contributed by atoms with van der Waals surface area (Å²) in [6.45, 7) is 3.29. The van der Waals surface area contributed by atoms with Gasteiger partial charge in [-0.1, -0.05) is 42.5 Å². The zero-order chi connectivity index (χ0) is 18.6. The van der Waals surface area contributed by atoms with Crippen LogP contribution in [0, 0.1) is 0 Å². The number of nitrogens with one attached hydrogen (secondary N) is 2. The highest BCUT2D eigenvalue weighted by atomic mass is 19.4. The number of benzene rings is 1. The first-order valence-corrected chi connectivity index (χ1v) is 8.74. The van der Waals surface area contributed by atoms with Crippen LogP contribution in [-0.4, -0.2) is 66.7 Å². The Morgan fingerprint density at radius 3 is 2.42 bits per heavy atom. The van der Waals surface area contributed by atoms with Crippen LogP contribution < -0.4 is 10.9 Å². The summed E-state index contributed by atoms with van der Waals surface area (Å²) in [4.78, 5) is 16.3. The van der Waals surface area contributed by atoms with Crippen LogP contribution in [0.15, 0.2) is 36.4 Å². The molecule has 26 heavy (non-hydrogen) atoms. The minimum atomic E-state index is -4.34. The Bertz CT molecular complexity index is 627. The molecule has 2 heterocycles. The summed E-state index contributed by atoms with van der Waals surface area (Å²) in [5, 5.41) is 0. The normalized spacial score (nSPS) is 25.1. The molecule has 5 nitrogen and oxygen atoms in total. The molecule has 3 rings (SSSR count). The Morgan fingerprint density at radius 2 is 1.81 bits per heavy atom. The summed E-state index contributed by atoms with van der Waals surface area (Å²) in [5.41, 5.74) is 5.80. The van der Waals surface area contributed by atoms with Gasteiger partial charge in [0.1, 0.15) is 12.1 Å². The molecular formula is C18H23F3N4O. The highest BCUT2D eigenvalue weighted by molar-refractivity contribution is 5.82. The number of carbonyl (C=O) groups is 1. The SMILES string of the molecule is O=C(C1CC(C(F)(F)F)NN1)N1CCN(C/C=C/c2ccccc2)CC1. The molecule has 0 aromatic heterocycles. The predicted octanol–water partition coefficient (Wildman–Crippen LogP) is 1.64. The van der Waals surface area contributed by atoms with Crippen molar-refractivity contribution in [2.24, 2.45) is 0 Å². The standard InChI is InChI=1S/C18H23F3N4O/c19-18(20,21)16-13-15(22-23-16)17(26)25-11-9-24(10-12-25)8-4-7-14-5-2-1-3-6-14/h1-7,15-16,22-23H,8-13H2/b7-4+. The van der Waals surface area contributed by atoms with Crippen molar-refractivity contribution >= 4 is 12.0 Å². The Kier molecular flexibility index (Phi) is 5.95. The van der Waals surface area contributed by atoms with Crippen LogP contribution in [0.3, 0.4) is 0 Å². The van der Waals surface area contributed by atoms with Crippen molar-refractivity contribution in [3.63, 3.8) is 0 Å². The lowest BCUT2D eigenvalue weighted by Crippen LogP contribution is -2.53. The number of hydrazine groups is 1. The monoisotopic (exact) mass is 368 g/mol. The van der Waals surface area contributed by atoms with Crippen LogP contribution >= 0.6 is 0 Å². The maximum Gasteiger partial charge on any atom is 0.405 e. The van der Waals surface area contributed by atoms with Crippen molar-refractivity contribution in [2.75, 3.05) is 32.7 Å². The van der Waals surface area contributed by atoms with E-state index in [4.69, 9.17) is 0 Å². The fourth-order valence-electron chi connectivity index (χ4n) is 3.21. The lowest BCUT2D eigenvalue weighted by Gasteiger charge is -2.35. The van der Waals surface area contributed by atoms with Crippen LogP contribution in [-0.2, 0) is 4.79 Å². The smallest absolute Gasteiger partial charge is 0.339 e. The fraction of sp³-hybridized carbons (Fsp3) is 0.500. The first-order valence-electron chi connectivity index (χ1n) is 8.74. The van der Waals surface area contributed by atoms with E-state index in [1.165, 1.54) is 0 Å². The van der Waals surface area contributed by atoms with Gasteiger partial charge >= 0.3 is 6.18 Å². The fourth-order valence-corrected chi connectivity index (χ4v) is 3.21. The number of hydrogen-bond acceptors (Lipinski definition) is 4. The van der Waals surface area contributed by atoms with Crippen LogP contribution in [0.5, 0.6) is 0 Å². The summed E-state index contributed by atoms with van der Waals surface area (Å²) in [6, 6.07) is 7.53. The van der Waals surface area contributed by atoms with Crippen molar-refractivity contribution in [1.82, 2.24) is 20.7 Å². The molecular weight excluding hydrogens is 345 g/mol. The van der Waals surface area contributed by atoms with E-state index in [0.29, 0.717) is 26.2 Å². The van der Waals surface area contributed by atoms with Crippen molar-refractivity contribution in [1.29, 1.82) is 0 Å². The van der Waals surface area contributed by atoms with Gasteiger partial charge in [0.2, 0.25) is 5.91 Å². The lowest BCUT2D eigenvalue weighted by atomic mass is 10.1. The third kappa shape index (κ3) is 4.84. The van der Waals surface area contributed by atoms with E-state index in [9.17, 15) is 18.0 Å². The van der Waals surface area contributed by atoms with Gasteiger partial charge in [-0.15, -0.1) is 0 Å². The number of amides is 1. The Labute approximate surface area is 150 Å². The van der Waals surface area contributed by atoms with E-state index in [-0.39, 0.29) is 12.3 Å². The maximum atomic E-state index is 12.7. The molecule has 2 atom stereocenters. The number of alkyl halides is 3. The van der Waals surface area contributed by atoms with Gasteiger partial charge in [0, 0.05) is 32.7 Å². The number of halogens is 3. The van der Waals surface area contributed by atoms with Crippen LogP contribution in [0.2, 0.25) is 0 Å². The third-order valence-corrected chi connectivity index (χ3v) is 4.75. The molecule has 0 radical (unpaired) electrons. The van der Waals surface area contributed by atoms with Gasteiger partial charge in [0.25, 0.3) is 0 Å². The van der Waals surface area contributed by atoms with Gasteiger partial charge in [-0.2, -0.15) is 13.2 Å². The number of hydrogen-bond donors (Lipinski definition) is 2. The van der Waals surface area contributed by atoms with Crippen LogP contribution in [0.1, 0.15) is 12.0 Å². The molecule has 2 N–H and O–H groups in total. The Hall–Kier alpha value is -1.90. The van der Waals surface area contributed by atoms with Crippen molar-refractivity contribution in [2.45, 2.75) is 24.7 Å². The summed E-state index contributed by atoms with van der Waals surface area (Å²) < 4.78 is 38.1.